The van der Waals surface area contributed by atoms with Gasteiger partial charge in [0.2, 0.25) is 0 Å². The van der Waals surface area contributed by atoms with Gasteiger partial charge in [0.15, 0.2) is 0 Å². The van der Waals surface area contributed by atoms with E-state index in [-0.39, 0.29) is 20.1 Å². The molecule has 2 nitrogen and oxygen atoms in total. The Hall–Kier alpha value is -3.41. The van der Waals surface area contributed by atoms with E-state index in [1.54, 1.807) is 0 Å². The maximum absolute atomic E-state index is 4.81. The van der Waals surface area contributed by atoms with Gasteiger partial charge in [-0.25, -0.2) is 0 Å². The summed E-state index contributed by atoms with van der Waals surface area (Å²) in [5.41, 5.74) is 8.27. The molecule has 4 aromatic carbocycles. The first-order valence-corrected chi connectivity index (χ1v) is 26.4. The number of hydrogen-bond donors (Lipinski definition) is 0. The maximum Gasteiger partial charge on any atom is 0.0245 e. The van der Waals surface area contributed by atoms with Crippen LogP contribution in [0, 0.1) is 29.9 Å². The van der Waals surface area contributed by atoms with Crippen LogP contribution in [-0.2, 0) is 26.5 Å². The summed E-state index contributed by atoms with van der Waals surface area (Å²) in [7, 11) is 0. The molecule has 3 aliphatic rings. The molecule has 0 aliphatic heterocycles. The topological polar surface area (TPSA) is 25.8 Å². The number of nitrogens with zero attached hydrogens (tertiary/aromatic N) is 2. The average molecular weight is 922 g/mol. The van der Waals surface area contributed by atoms with Gasteiger partial charge in [0.05, 0.1) is 0 Å². The molecule has 3 saturated carbocycles. The Kier molecular flexibility index (Phi) is 11.1. The number of thiophene rings is 1. The molecule has 0 spiro atoms. The molecule has 0 saturated heterocycles. The third kappa shape index (κ3) is 8.00. The molecule has 3 aliphatic carbocycles. The second-order valence-electron chi connectivity index (χ2n) is 15.3. The van der Waals surface area contributed by atoms with Gasteiger partial charge < -0.3 is 4.98 Å². The number of aromatic nitrogens is 2. The van der Waals surface area contributed by atoms with E-state index in [1.807, 2.05) is 48.0 Å². The first kappa shape index (κ1) is 36.0. The van der Waals surface area contributed by atoms with Crippen LogP contribution in [0.2, 0.25) is 17.3 Å². The maximum atomic E-state index is 4.81. The third-order valence-corrected chi connectivity index (χ3v) is 16.4. The molecular formula is C46H44GeIrN2S-2. The van der Waals surface area contributed by atoms with Crippen molar-refractivity contribution in [3.8, 4) is 33.6 Å². The van der Waals surface area contributed by atoms with Gasteiger partial charge in [-0.3, -0.25) is 0 Å². The normalized spacial score (nSPS) is 18.2. The molecular weight excluding hydrogens is 877 g/mol. The van der Waals surface area contributed by atoms with Crippen molar-refractivity contribution in [3.63, 3.8) is 0 Å². The minimum Gasteiger partial charge on any atom is -0.305 e. The Morgan fingerprint density at radius 2 is 1.55 bits per heavy atom. The molecule has 259 valence electrons. The summed E-state index contributed by atoms with van der Waals surface area (Å²) in [6.07, 6.45) is 12.5. The third-order valence-electron chi connectivity index (χ3n) is 10.9. The second kappa shape index (κ2) is 15.7. The van der Waals surface area contributed by atoms with Crippen LogP contribution < -0.4 is 4.40 Å². The molecule has 2 bridgehead atoms. The zero-order chi connectivity index (χ0) is 34.1. The van der Waals surface area contributed by atoms with E-state index in [0.29, 0.717) is 0 Å². The molecule has 3 fully saturated rings. The van der Waals surface area contributed by atoms with E-state index in [0.717, 1.165) is 40.3 Å². The predicted octanol–water partition coefficient (Wildman–Crippen LogP) is 12.0. The molecule has 3 aromatic heterocycles. The van der Waals surface area contributed by atoms with Gasteiger partial charge in [0.1, 0.15) is 0 Å². The average Bonchev–Trinajstić information content (AvgIpc) is 3.54. The zero-order valence-corrected chi connectivity index (χ0v) is 35.0. The number of rotatable bonds is 6. The van der Waals surface area contributed by atoms with E-state index in [1.165, 1.54) is 79.8 Å². The molecule has 1 atom stereocenters. The Labute approximate surface area is 323 Å². The van der Waals surface area contributed by atoms with Gasteiger partial charge in [-0.05, 0) is 82.5 Å². The minimum atomic E-state index is -1.72. The van der Waals surface area contributed by atoms with Crippen molar-refractivity contribution in [2.24, 2.45) is 17.8 Å². The summed E-state index contributed by atoms with van der Waals surface area (Å²) in [4.78, 5) is 9.34. The van der Waals surface area contributed by atoms with Crippen LogP contribution >= 0.6 is 11.3 Å². The first-order valence-electron chi connectivity index (χ1n) is 18.2. The first-order chi connectivity index (χ1) is 24.4. The molecule has 5 heteroatoms. The molecule has 7 aromatic rings. The van der Waals surface area contributed by atoms with E-state index in [9.17, 15) is 0 Å². The molecule has 0 amide bonds. The zero-order valence-electron chi connectivity index (χ0n) is 29.7. The molecule has 10 rings (SSSR count). The fourth-order valence-electron chi connectivity index (χ4n) is 8.10. The molecule has 1 unspecified atom stereocenters. The van der Waals surface area contributed by atoms with Crippen LogP contribution in [0.15, 0.2) is 122 Å². The van der Waals surface area contributed by atoms with E-state index in [2.05, 4.69) is 119 Å². The van der Waals surface area contributed by atoms with Crippen LogP contribution in [0.4, 0.5) is 0 Å². The quantitative estimate of drug-likeness (QED) is 0.123. The smallest absolute Gasteiger partial charge is 0.0245 e. The molecule has 51 heavy (non-hydrogen) atoms. The number of pyridine rings is 2. The van der Waals surface area contributed by atoms with Crippen LogP contribution in [0.1, 0.15) is 37.7 Å². The van der Waals surface area contributed by atoms with Crippen molar-refractivity contribution in [3.05, 3.63) is 139 Å². The Morgan fingerprint density at radius 1 is 0.725 bits per heavy atom. The van der Waals surface area contributed by atoms with Crippen LogP contribution in [-0.4, -0.2) is 23.2 Å². The van der Waals surface area contributed by atoms with E-state index in [4.69, 9.17) is 4.98 Å². The number of fused-ring (bicyclic) bond motifs is 6. The Morgan fingerprint density at radius 3 is 2.25 bits per heavy atom. The largest absolute Gasteiger partial charge is 0.305 e. The van der Waals surface area contributed by atoms with E-state index >= 15 is 0 Å². The summed E-state index contributed by atoms with van der Waals surface area (Å²) in [5, 5.41) is 2.63. The van der Waals surface area contributed by atoms with Crippen molar-refractivity contribution in [2.45, 2.75) is 55.8 Å². The van der Waals surface area contributed by atoms with Crippen molar-refractivity contribution >= 4 is 49.2 Å². The number of benzene rings is 4. The molecule has 3 heterocycles. The summed E-state index contributed by atoms with van der Waals surface area (Å²) in [6, 6.07) is 45.4. The monoisotopic (exact) mass is 923 g/mol. The van der Waals surface area contributed by atoms with E-state index < -0.39 is 13.3 Å². The fourth-order valence-corrected chi connectivity index (χ4v) is 11.5. The molecule has 1 radical (unpaired) electrons. The van der Waals surface area contributed by atoms with Gasteiger partial charge in [-0.1, -0.05) is 72.3 Å². The van der Waals surface area contributed by atoms with Crippen molar-refractivity contribution < 1.29 is 20.1 Å². The molecule has 0 N–H and O–H groups in total. The van der Waals surface area contributed by atoms with Crippen molar-refractivity contribution in [1.29, 1.82) is 0 Å². The van der Waals surface area contributed by atoms with Crippen molar-refractivity contribution in [1.82, 2.24) is 9.97 Å². The summed E-state index contributed by atoms with van der Waals surface area (Å²) in [6.45, 7) is 0. The summed E-state index contributed by atoms with van der Waals surface area (Å²) in [5.74, 6) is 9.93. The van der Waals surface area contributed by atoms with Crippen LogP contribution in [0.5, 0.6) is 0 Å². The minimum absolute atomic E-state index is 0. The van der Waals surface area contributed by atoms with Crippen LogP contribution in [0.3, 0.4) is 0 Å². The SMILES string of the molecule is [CH3][Ge]([CH3])([CH3])[c]1ccc(-c2[c-]cccc2)nc1.[Ir].[c-]1ccc2c(sc3cc(-c4ccccc4)ccc32)c1-c1cc(CC2CC3CCC2CC3)ccn1. The van der Waals surface area contributed by atoms with Crippen LogP contribution in [0.25, 0.3) is 53.8 Å². The fraction of sp³-hybridized carbons (Fsp3) is 0.261. The summed E-state index contributed by atoms with van der Waals surface area (Å²) < 4.78 is 4.07. The van der Waals surface area contributed by atoms with Gasteiger partial charge in [-0.15, -0.1) is 23.8 Å². The van der Waals surface area contributed by atoms with Gasteiger partial charge in [-0.2, -0.15) is 11.3 Å². The van der Waals surface area contributed by atoms with Crippen molar-refractivity contribution in [2.75, 3.05) is 0 Å². The second-order valence-corrected chi connectivity index (χ2v) is 27.0. The van der Waals surface area contributed by atoms with Gasteiger partial charge in [0.25, 0.3) is 0 Å². The summed E-state index contributed by atoms with van der Waals surface area (Å²) >= 11 is 0.156. The Bertz CT molecular complexity index is 2220. The van der Waals surface area contributed by atoms with Gasteiger partial charge >= 0.3 is 99.8 Å². The predicted molar refractivity (Wildman–Crippen MR) is 216 cm³/mol. The van der Waals surface area contributed by atoms with Gasteiger partial charge in [0, 0.05) is 31.0 Å². The number of hydrogen-bond acceptors (Lipinski definition) is 3. The Balaban J connectivity index is 0.000000202. The standard InChI is InChI=1S/C32H28NS.C14H16GeN.Ir/c1-2-5-23(6-3-1)25-13-14-27-28-7-4-8-29(32(28)34-31(27)20-25)30-19-22(15-16-33-30)18-26-17-21-9-11-24(26)12-10-21;1-15(2,3)13-9-10-14(16-11-13)12-7-5-4-6-8-12;/h1-7,13-16,19-21,24,26H,9-12,17-18H2;4-7,9-11H,1-3H3;/q2*-1;.